The first-order valence-electron chi connectivity index (χ1n) is 15.4. The number of carbonyl (C=O) groups is 3. The Labute approximate surface area is 249 Å². The van der Waals surface area contributed by atoms with Gasteiger partial charge in [0.2, 0.25) is 5.78 Å². The molecule has 0 aromatic heterocycles. The van der Waals surface area contributed by atoms with Gasteiger partial charge in [-0.25, -0.2) is 9.59 Å². The number of ether oxygens (including phenoxy) is 2. The number of urea groups is 1. The number of hydrogen-bond donors (Lipinski definition) is 3. The second-order valence-electron chi connectivity index (χ2n) is 15.3. The first-order valence-corrected chi connectivity index (χ1v) is 15.4. The van der Waals surface area contributed by atoms with E-state index >= 15 is 0 Å². The molecule has 2 amide bonds. The van der Waals surface area contributed by atoms with E-state index in [0.717, 1.165) is 56.1 Å². The second-order valence-corrected chi connectivity index (χ2v) is 15.3. The van der Waals surface area contributed by atoms with Gasteiger partial charge >= 0.3 is 12.0 Å². The van der Waals surface area contributed by atoms with Gasteiger partial charge in [0.05, 0.1) is 20.3 Å². The van der Waals surface area contributed by atoms with Crippen molar-refractivity contribution in [2.24, 2.45) is 27.6 Å². The SMILES string of the molecule is COC(=O)C1(NC(=O)N[C@]2(C)CC[C@]3(C)CC[C@]4(C)C5=CC=C6C(=CC(=O)C(O)=C6C)[C@]5(C)CC[C@@]4(C)[C@@H]3C2)COC1. The van der Waals surface area contributed by atoms with Crippen LogP contribution in [0.1, 0.15) is 86.5 Å². The fraction of sp³-hybridized carbons (Fsp3) is 0.676. The quantitative estimate of drug-likeness (QED) is 0.376. The average Bonchev–Trinajstić information content (AvgIpc) is 2.92. The van der Waals surface area contributed by atoms with Crippen molar-refractivity contribution in [3.63, 3.8) is 0 Å². The maximum Gasteiger partial charge on any atom is 0.336 e. The van der Waals surface area contributed by atoms with Crippen molar-refractivity contribution in [2.45, 2.75) is 97.6 Å². The zero-order valence-electron chi connectivity index (χ0n) is 26.2. The molecular weight excluding hydrogens is 532 g/mol. The monoisotopic (exact) mass is 578 g/mol. The van der Waals surface area contributed by atoms with E-state index in [1.54, 1.807) is 6.08 Å². The third kappa shape index (κ3) is 3.79. The summed E-state index contributed by atoms with van der Waals surface area (Å²) < 4.78 is 10.2. The number of aliphatic hydroxyl groups is 1. The minimum atomic E-state index is -1.12. The van der Waals surface area contributed by atoms with Gasteiger partial charge in [0.15, 0.2) is 11.3 Å². The normalized spacial score (nSPS) is 41.8. The highest BCUT2D eigenvalue weighted by atomic mass is 16.5. The molecule has 1 heterocycles. The van der Waals surface area contributed by atoms with Crippen LogP contribution < -0.4 is 10.6 Å². The topological polar surface area (TPSA) is 114 Å². The Morgan fingerprint density at radius 1 is 0.976 bits per heavy atom. The third-order valence-corrected chi connectivity index (χ3v) is 12.9. The van der Waals surface area contributed by atoms with Crippen LogP contribution in [0.2, 0.25) is 0 Å². The predicted molar refractivity (Wildman–Crippen MR) is 158 cm³/mol. The number of allylic oxidation sites excluding steroid dienone is 7. The number of nitrogens with one attached hydrogen (secondary N) is 2. The first-order chi connectivity index (χ1) is 19.6. The lowest BCUT2D eigenvalue weighted by molar-refractivity contribution is -0.168. The van der Waals surface area contributed by atoms with Crippen molar-refractivity contribution in [1.29, 1.82) is 0 Å². The molecule has 42 heavy (non-hydrogen) atoms. The largest absolute Gasteiger partial charge is 0.504 e. The lowest BCUT2D eigenvalue weighted by Gasteiger charge is -2.70. The van der Waals surface area contributed by atoms with Crippen molar-refractivity contribution >= 4 is 17.8 Å². The molecule has 228 valence electrons. The van der Waals surface area contributed by atoms with Crippen LogP contribution in [-0.4, -0.2) is 54.3 Å². The summed E-state index contributed by atoms with van der Waals surface area (Å²) >= 11 is 0. The molecule has 4 fully saturated rings. The zero-order chi connectivity index (χ0) is 30.5. The van der Waals surface area contributed by atoms with E-state index in [4.69, 9.17) is 9.47 Å². The van der Waals surface area contributed by atoms with Crippen LogP contribution in [-0.2, 0) is 19.1 Å². The van der Waals surface area contributed by atoms with Crippen molar-refractivity contribution in [3.05, 3.63) is 46.3 Å². The number of carbonyl (C=O) groups excluding carboxylic acids is 3. The summed E-state index contributed by atoms with van der Waals surface area (Å²) in [5.74, 6) is -0.564. The van der Waals surface area contributed by atoms with Crippen molar-refractivity contribution in [2.75, 3.05) is 20.3 Å². The van der Waals surface area contributed by atoms with Crippen LogP contribution >= 0.6 is 0 Å². The molecule has 3 saturated carbocycles. The number of methoxy groups -OCH3 is 1. The number of rotatable bonds is 3. The summed E-state index contributed by atoms with van der Waals surface area (Å²) in [7, 11) is 1.32. The van der Waals surface area contributed by atoms with Crippen LogP contribution in [0.4, 0.5) is 4.79 Å². The van der Waals surface area contributed by atoms with Crippen LogP contribution in [0.5, 0.6) is 0 Å². The van der Waals surface area contributed by atoms with Gasteiger partial charge in [-0.2, -0.15) is 0 Å². The summed E-state index contributed by atoms with van der Waals surface area (Å²) in [6, 6.07) is -0.358. The number of hydrogen-bond acceptors (Lipinski definition) is 6. The Kier molecular flexibility index (Phi) is 6.31. The van der Waals surface area contributed by atoms with Gasteiger partial charge in [0, 0.05) is 16.5 Å². The molecule has 0 unspecified atom stereocenters. The number of aliphatic hydroxyl groups excluding tert-OH is 1. The number of amides is 2. The molecule has 8 nitrogen and oxygen atoms in total. The fourth-order valence-corrected chi connectivity index (χ4v) is 9.84. The van der Waals surface area contributed by atoms with Gasteiger partial charge in [-0.1, -0.05) is 45.4 Å². The second kappa shape index (κ2) is 9.07. The highest BCUT2D eigenvalue weighted by Crippen LogP contribution is 2.75. The van der Waals surface area contributed by atoms with E-state index in [2.05, 4.69) is 57.4 Å². The highest BCUT2D eigenvalue weighted by molar-refractivity contribution is 6.06. The number of fused-ring (bicyclic) bond motifs is 7. The molecule has 3 N–H and O–H groups in total. The molecule has 6 aliphatic rings. The van der Waals surface area contributed by atoms with E-state index in [1.165, 1.54) is 12.7 Å². The van der Waals surface area contributed by atoms with Gasteiger partial charge in [-0.15, -0.1) is 0 Å². The zero-order valence-corrected chi connectivity index (χ0v) is 26.2. The lowest BCUT2D eigenvalue weighted by Crippen LogP contribution is -2.70. The molecule has 5 aliphatic carbocycles. The summed E-state index contributed by atoms with van der Waals surface area (Å²) in [5, 5.41) is 16.5. The Hall–Kier alpha value is -2.87. The lowest BCUT2D eigenvalue weighted by atomic mass is 9.35. The Balaban J connectivity index is 1.31. The predicted octanol–water partition coefficient (Wildman–Crippen LogP) is 5.61. The molecule has 6 atom stereocenters. The molecule has 6 rings (SSSR count). The van der Waals surface area contributed by atoms with Crippen LogP contribution in [0.25, 0.3) is 0 Å². The van der Waals surface area contributed by atoms with E-state index in [0.29, 0.717) is 11.5 Å². The van der Waals surface area contributed by atoms with Crippen LogP contribution in [0.3, 0.4) is 0 Å². The van der Waals surface area contributed by atoms with Gasteiger partial charge < -0.3 is 25.2 Å². The molecule has 1 aliphatic heterocycles. The first kappa shape index (κ1) is 29.2. The summed E-state index contributed by atoms with van der Waals surface area (Å²) in [6.07, 6.45) is 13.0. The van der Waals surface area contributed by atoms with Crippen LogP contribution in [0, 0.1) is 27.6 Å². The van der Waals surface area contributed by atoms with Crippen molar-refractivity contribution in [1.82, 2.24) is 10.6 Å². The molecule has 0 bridgehead atoms. The summed E-state index contributed by atoms with van der Waals surface area (Å²) in [6.45, 7) is 13.8. The number of esters is 1. The molecule has 0 aromatic carbocycles. The minimum absolute atomic E-state index is 0.0160. The Morgan fingerprint density at radius 2 is 1.67 bits per heavy atom. The van der Waals surface area contributed by atoms with Crippen molar-refractivity contribution in [3.8, 4) is 0 Å². The molecule has 1 saturated heterocycles. The Bertz CT molecular complexity index is 1400. The van der Waals surface area contributed by atoms with Crippen molar-refractivity contribution < 1.29 is 29.0 Å². The molecular formula is C34H46N2O6. The average molecular weight is 579 g/mol. The van der Waals surface area contributed by atoms with E-state index in [-0.39, 0.29) is 52.4 Å². The smallest absolute Gasteiger partial charge is 0.336 e. The fourth-order valence-electron chi connectivity index (χ4n) is 9.84. The minimum Gasteiger partial charge on any atom is -0.504 e. The molecule has 0 radical (unpaired) electrons. The summed E-state index contributed by atoms with van der Waals surface area (Å²) in [4.78, 5) is 38.4. The third-order valence-electron chi connectivity index (χ3n) is 12.9. The van der Waals surface area contributed by atoms with Crippen LogP contribution in [0.15, 0.2) is 46.3 Å². The maximum atomic E-state index is 13.3. The molecule has 0 aromatic rings. The maximum absolute atomic E-state index is 13.3. The highest BCUT2D eigenvalue weighted by Gasteiger charge is 2.67. The van der Waals surface area contributed by atoms with Gasteiger partial charge in [-0.3, -0.25) is 4.79 Å². The molecule has 8 heteroatoms. The van der Waals surface area contributed by atoms with Gasteiger partial charge in [-0.05, 0) is 98.2 Å². The summed E-state index contributed by atoms with van der Waals surface area (Å²) in [5.41, 5.74) is 2.32. The Morgan fingerprint density at radius 3 is 2.31 bits per heavy atom. The van der Waals surface area contributed by atoms with E-state index in [9.17, 15) is 19.5 Å². The van der Waals surface area contributed by atoms with Gasteiger partial charge in [0.1, 0.15) is 0 Å². The van der Waals surface area contributed by atoms with E-state index in [1.807, 2.05) is 6.92 Å². The van der Waals surface area contributed by atoms with E-state index < -0.39 is 17.0 Å². The standard InChI is InChI=1S/C34H46N2O6/c1-20-21-8-9-24-31(4,22(21)16-23(37)26(20)38)13-15-33(6)25-17-30(3,12-10-29(25,2)11-14-32(24,33)5)35-28(40)36-34(18-42-19-34)27(39)41-7/h8-9,16,25,38H,10-15,17-19H2,1-7H3,(H2,35,36,40)/t25-,29-,30-,31+,32-,33+/m1/s1. The van der Waals surface area contributed by atoms with Gasteiger partial charge in [0.25, 0.3) is 0 Å². The number of ketones is 1. The molecule has 0 spiro atoms.